The Bertz CT molecular complexity index is 828. The summed E-state index contributed by atoms with van der Waals surface area (Å²) >= 11 is 1.33. The number of rotatable bonds is 6. The molecular formula is C14H16N6O2S. The highest BCUT2D eigenvalue weighted by Gasteiger charge is 2.16. The molecule has 3 rings (SSSR count). The smallest absolute Gasteiger partial charge is 0.262 e. The Kier molecular flexibility index (Phi) is 4.58. The summed E-state index contributed by atoms with van der Waals surface area (Å²) in [6.45, 7) is 5.12. The van der Waals surface area contributed by atoms with Crippen molar-refractivity contribution in [3.8, 4) is 0 Å². The number of hydrogen-bond acceptors (Lipinski definition) is 7. The van der Waals surface area contributed by atoms with Crippen LogP contribution in [-0.4, -0.2) is 43.9 Å². The molecule has 0 aliphatic heterocycles. The van der Waals surface area contributed by atoms with Crippen LogP contribution in [0.4, 0.5) is 5.13 Å². The number of aryl methyl sites for hydroxylation is 1. The van der Waals surface area contributed by atoms with Gasteiger partial charge in [-0.3, -0.25) is 10.1 Å². The van der Waals surface area contributed by atoms with Gasteiger partial charge in [0.2, 0.25) is 5.13 Å². The predicted octanol–water partition coefficient (Wildman–Crippen LogP) is 1.72. The molecule has 0 aromatic carbocycles. The van der Waals surface area contributed by atoms with Gasteiger partial charge in [0, 0.05) is 25.4 Å². The third-order valence-electron chi connectivity index (χ3n) is 3.08. The minimum absolute atomic E-state index is 0.302. The van der Waals surface area contributed by atoms with Gasteiger partial charge in [0.15, 0.2) is 5.65 Å². The van der Waals surface area contributed by atoms with Crippen molar-refractivity contribution in [1.82, 2.24) is 24.8 Å². The monoisotopic (exact) mass is 332 g/mol. The molecule has 0 aliphatic rings. The van der Waals surface area contributed by atoms with Crippen molar-refractivity contribution in [2.24, 2.45) is 0 Å². The van der Waals surface area contributed by atoms with Crippen LogP contribution in [0.1, 0.15) is 27.9 Å². The first-order chi connectivity index (χ1) is 11.2. The van der Waals surface area contributed by atoms with E-state index in [-0.39, 0.29) is 5.91 Å². The normalized spacial score (nSPS) is 11.0. The molecule has 0 atom stereocenters. The fourth-order valence-corrected chi connectivity index (χ4v) is 2.72. The van der Waals surface area contributed by atoms with Gasteiger partial charge in [-0.15, -0.1) is 10.2 Å². The van der Waals surface area contributed by atoms with Crippen LogP contribution in [-0.2, 0) is 11.2 Å². The molecule has 3 aromatic rings. The molecule has 3 heterocycles. The SMILES string of the molecule is CCOCCc1nnc(NC(=O)c2cnn3cc(C)cnc23)s1. The van der Waals surface area contributed by atoms with E-state index in [2.05, 4.69) is 25.6 Å². The molecule has 0 spiro atoms. The second-order valence-electron chi connectivity index (χ2n) is 4.86. The fourth-order valence-electron chi connectivity index (χ4n) is 2.00. The predicted molar refractivity (Wildman–Crippen MR) is 85.8 cm³/mol. The summed E-state index contributed by atoms with van der Waals surface area (Å²) in [5.41, 5.74) is 1.88. The van der Waals surface area contributed by atoms with Gasteiger partial charge in [0.05, 0.1) is 12.8 Å². The van der Waals surface area contributed by atoms with Crippen LogP contribution in [0.25, 0.3) is 5.65 Å². The van der Waals surface area contributed by atoms with Gasteiger partial charge in [0.1, 0.15) is 10.6 Å². The fraction of sp³-hybridized carbons (Fsp3) is 0.357. The van der Waals surface area contributed by atoms with Gasteiger partial charge in [-0.05, 0) is 19.4 Å². The lowest BCUT2D eigenvalue weighted by atomic mass is 10.3. The van der Waals surface area contributed by atoms with E-state index in [1.54, 1.807) is 10.7 Å². The van der Waals surface area contributed by atoms with Crippen molar-refractivity contribution in [3.63, 3.8) is 0 Å². The van der Waals surface area contributed by atoms with Crippen molar-refractivity contribution in [1.29, 1.82) is 0 Å². The van der Waals surface area contributed by atoms with Gasteiger partial charge in [-0.1, -0.05) is 11.3 Å². The van der Waals surface area contributed by atoms with E-state index < -0.39 is 0 Å². The summed E-state index contributed by atoms with van der Waals surface area (Å²) in [5.74, 6) is -0.302. The number of nitrogens with zero attached hydrogens (tertiary/aromatic N) is 5. The minimum Gasteiger partial charge on any atom is -0.381 e. The lowest BCUT2D eigenvalue weighted by Gasteiger charge is -1.99. The molecule has 0 aliphatic carbocycles. The minimum atomic E-state index is -0.302. The summed E-state index contributed by atoms with van der Waals surface area (Å²) in [5, 5.41) is 16.2. The summed E-state index contributed by atoms with van der Waals surface area (Å²) in [7, 11) is 0. The molecule has 0 bridgehead atoms. The van der Waals surface area contributed by atoms with Crippen molar-refractivity contribution >= 4 is 28.0 Å². The van der Waals surface area contributed by atoms with Crippen LogP contribution in [0.5, 0.6) is 0 Å². The number of ether oxygens (including phenoxy) is 1. The molecule has 1 N–H and O–H groups in total. The zero-order chi connectivity index (χ0) is 16.2. The van der Waals surface area contributed by atoms with Crippen molar-refractivity contribution in [2.75, 3.05) is 18.5 Å². The number of anilines is 1. The van der Waals surface area contributed by atoms with Crippen LogP contribution in [0.3, 0.4) is 0 Å². The molecule has 23 heavy (non-hydrogen) atoms. The van der Waals surface area contributed by atoms with Crippen molar-refractivity contribution < 1.29 is 9.53 Å². The Morgan fingerprint density at radius 3 is 3.09 bits per heavy atom. The van der Waals surface area contributed by atoms with E-state index in [1.807, 2.05) is 20.0 Å². The molecular weight excluding hydrogens is 316 g/mol. The molecule has 0 saturated heterocycles. The van der Waals surface area contributed by atoms with Gasteiger partial charge in [-0.25, -0.2) is 9.50 Å². The highest BCUT2D eigenvalue weighted by molar-refractivity contribution is 7.15. The second kappa shape index (κ2) is 6.80. The number of fused-ring (bicyclic) bond motifs is 1. The summed E-state index contributed by atoms with van der Waals surface area (Å²) in [6, 6.07) is 0. The lowest BCUT2D eigenvalue weighted by molar-refractivity contribution is 0.102. The summed E-state index contributed by atoms with van der Waals surface area (Å²) in [4.78, 5) is 16.6. The van der Waals surface area contributed by atoms with Crippen molar-refractivity contribution in [2.45, 2.75) is 20.3 Å². The molecule has 8 nitrogen and oxygen atoms in total. The number of carbonyl (C=O) groups excluding carboxylic acids is 1. The quantitative estimate of drug-likeness (QED) is 0.691. The Morgan fingerprint density at radius 1 is 1.39 bits per heavy atom. The number of amides is 1. The largest absolute Gasteiger partial charge is 0.381 e. The van der Waals surface area contributed by atoms with Gasteiger partial charge in [0.25, 0.3) is 5.91 Å². The topological polar surface area (TPSA) is 94.3 Å². The summed E-state index contributed by atoms with van der Waals surface area (Å²) < 4.78 is 6.86. The summed E-state index contributed by atoms with van der Waals surface area (Å²) in [6.07, 6.45) is 5.69. The number of nitrogens with one attached hydrogen (secondary N) is 1. The zero-order valence-corrected chi connectivity index (χ0v) is 13.6. The molecule has 120 valence electrons. The van der Waals surface area contributed by atoms with E-state index in [4.69, 9.17) is 4.74 Å². The van der Waals surface area contributed by atoms with Gasteiger partial charge < -0.3 is 4.74 Å². The van der Waals surface area contributed by atoms with E-state index in [0.29, 0.717) is 36.0 Å². The van der Waals surface area contributed by atoms with Crippen LogP contribution in [0.2, 0.25) is 0 Å². The third-order valence-corrected chi connectivity index (χ3v) is 3.98. The van der Waals surface area contributed by atoms with E-state index in [1.165, 1.54) is 17.5 Å². The first-order valence-electron chi connectivity index (χ1n) is 7.19. The number of hydrogen-bond donors (Lipinski definition) is 1. The maximum atomic E-state index is 12.4. The Morgan fingerprint density at radius 2 is 2.26 bits per heavy atom. The van der Waals surface area contributed by atoms with Crippen LogP contribution < -0.4 is 5.32 Å². The second-order valence-corrected chi connectivity index (χ2v) is 5.92. The molecule has 0 radical (unpaired) electrons. The standard InChI is InChI=1S/C14H16N6O2S/c1-3-22-5-4-11-18-19-14(23-11)17-13(21)10-7-16-20-8-9(2)6-15-12(10)20/h6-8H,3-5H2,1-2H3,(H,17,19,21). The zero-order valence-electron chi connectivity index (χ0n) is 12.8. The molecule has 0 unspecified atom stereocenters. The molecule has 0 fully saturated rings. The molecule has 1 amide bonds. The third kappa shape index (κ3) is 3.51. The first kappa shape index (κ1) is 15.5. The highest BCUT2D eigenvalue weighted by atomic mass is 32.1. The Hall–Kier alpha value is -2.39. The van der Waals surface area contributed by atoms with E-state index in [9.17, 15) is 4.79 Å². The molecule has 3 aromatic heterocycles. The van der Waals surface area contributed by atoms with Gasteiger partial charge >= 0.3 is 0 Å². The highest BCUT2D eigenvalue weighted by Crippen LogP contribution is 2.18. The van der Waals surface area contributed by atoms with Crippen LogP contribution >= 0.6 is 11.3 Å². The Balaban J connectivity index is 1.71. The molecule has 9 heteroatoms. The number of aromatic nitrogens is 5. The number of carbonyl (C=O) groups is 1. The molecule has 0 saturated carbocycles. The lowest BCUT2D eigenvalue weighted by Crippen LogP contribution is -2.11. The van der Waals surface area contributed by atoms with Gasteiger partial charge in [-0.2, -0.15) is 5.10 Å². The van der Waals surface area contributed by atoms with E-state index in [0.717, 1.165) is 10.6 Å². The maximum absolute atomic E-state index is 12.4. The van der Waals surface area contributed by atoms with Crippen LogP contribution in [0.15, 0.2) is 18.6 Å². The van der Waals surface area contributed by atoms with Crippen molar-refractivity contribution in [3.05, 3.63) is 34.7 Å². The Labute approximate surface area is 136 Å². The van der Waals surface area contributed by atoms with E-state index >= 15 is 0 Å². The average Bonchev–Trinajstić information content (AvgIpc) is 3.14. The average molecular weight is 332 g/mol. The van der Waals surface area contributed by atoms with Crippen LogP contribution in [0, 0.1) is 6.92 Å². The maximum Gasteiger partial charge on any atom is 0.262 e. The first-order valence-corrected chi connectivity index (χ1v) is 8.00.